The lowest BCUT2D eigenvalue weighted by Gasteiger charge is -2.04. The average molecular weight is 269 g/mol. The Morgan fingerprint density at radius 1 is 1.25 bits per heavy atom. The van der Waals surface area contributed by atoms with Crippen LogP contribution in [-0.4, -0.2) is 13.1 Å². The number of hydrogen-bond acceptors (Lipinski definition) is 4. The van der Waals surface area contributed by atoms with Crippen molar-refractivity contribution in [3.63, 3.8) is 0 Å². The molecular formula is C16H15NO3. The molecule has 0 fully saturated rings. The molecule has 0 radical (unpaired) electrons. The number of esters is 1. The third kappa shape index (κ3) is 2.57. The number of ether oxygens (including phenoxy) is 1. The molecule has 2 rings (SSSR count). The number of carbonyl (C=O) groups excluding carboxylic acids is 1. The molecule has 0 saturated heterocycles. The zero-order chi connectivity index (χ0) is 14.7. The van der Waals surface area contributed by atoms with E-state index < -0.39 is 0 Å². The molecule has 4 nitrogen and oxygen atoms in total. The molecule has 0 amide bonds. The van der Waals surface area contributed by atoms with E-state index in [4.69, 9.17) is 14.4 Å². The van der Waals surface area contributed by atoms with E-state index in [1.165, 1.54) is 7.11 Å². The van der Waals surface area contributed by atoms with Crippen LogP contribution in [0.15, 0.2) is 28.7 Å². The van der Waals surface area contributed by atoms with E-state index in [1.807, 2.05) is 19.1 Å². The Hall–Kier alpha value is -2.54. The normalized spacial score (nSPS) is 10.1. The van der Waals surface area contributed by atoms with Crippen molar-refractivity contribution in [3.05, 3.63) is 58.0 Å². The predicted molar refractivity (Wildman–Crippen MR) is 73.5 cm³/mol. The highest BCUT2D eigenvalue weighted by molar-refractivity contribution is 5.92. The number of nitriles is 1. The van der Waals surface area contributed by atoms with Crippen molar-refractivity contribution in [1.29, 1.82) is 5.26 Å². The molecule has 1 aromatic heterocycles. The monoisotopic (exact) mass is 269 g/mol. The second-order valence-corrected chi connectivity index (χ2v) is 4.55. The van der Waals surface area contributed by atoms with Crippen molar-refractivity contribution < 1.29 is 13.9 Å². The van der Waals surface area contributed by atoms with Crippen molar-refractivity contribution in [2.75, 3.05) is 7.11 Å². The molecule has 20 heavy (non-hydrogen) atoms. The second-order valence-electron chi connectivity index (χ2n) is 4.55. The van der Waals surface area contributed by atoms with E-state index >= 15 is 0 Å². The Kier molecular flexibility index (Phi) is 3.90. The number of benzene rings is 1. The van der Waals surface area contributed by atoms with Gasteiger partial charge < -0.3 is 9.15 Å². The highest BCUT2D eigenvalue weighted by Gasteiger charge is 2.22. The minimum Gasteiger partial charge on any atom is -0.465 e. The largest absolute Gasteiger partial charge is 0.465 e. The third-order valence-electron chi connectivity index (χ3n) is 3.24. The van der Waals surface area contributed by atoms with Crippen LogP contribution in [0.3, 0.4) is 0 Å². The SMILES string of the molecule is COC(=O)c1c(C)oc(C)c1Cc1ccc(C#N)cc1. The van der Waals surface area contributed by atoms with Crippen molar-refractivity contribution in [2.24, 2.45) is 0 Å². The van der Waals surface area contributed by atoms with E-state index in [1.54, 1.807) is 19.1 Å². The number of methoxy groups -OCH3 is 1. The summed E-state index contributed by atoms with van der Waals surface area (Å²) in [5.41, 5.74) is 2.95. The van der Waals surface area contributed by atoms with E-state index in [-0.39, 0.29) is 5.97 Å². The summed E-state index contributed by atoms with van der Waals surface area (Å²) in [6.07, 6.45) is 0.569. The van der Waals surface area contributed by atoms with Crippen molar-refractivity contribution in [1.82, 2.24) is 0 Å². The highest BCUT2D eigenvalue weighted by atomic mass is 16.5. The molecule has 0 aliphatic rings. The summed E-state index contributed by atoms with van der Waals surface area (Å²) in [5.74, 6) is 0.897. The average Bonchev–Trinajstić information content (AvgIpc) is 2.73. The lowest BCUT2D eigenvalue weighted by atomic mass is 10.00. The molecule has 0 bridgehead atoms. The maximum Gasteiger partial charge on any atom is 0.341 e. The van der Waals surface area contributed by atoms with Crippen LogP contribution < -0.4 is 0 Å². The smallest absolute Gasteiger partial charge is 0.341 e. The van der Waals surface area contributed by atoms with Crippen molar-refractivity contribution >= 4 is 5.97 Å². The van der Waals surface area contributed by atoms with Gasteiger partial charge >= 0.3 is 5.97 Å². The highest BCUT2D eigenvalue weighted by Crippen LogP contribution is 2.25. The molecule has 0 atom stereocenters. The van der Waals surface area contributed by atoms with Crippen LogP contribution >= 0.6 is 0 Å². The number of carbonyl (C=O) groups is 1. The summed E-state index contributed by atoms with van der Waals surface area (Å²) in [4.78, 5) is 11.8. The van der Waals surface area contributed by atoms with Crippen LogP contribution in [0.1, 0.15) is 38.6 Å². The molecule has 0 saturated carbocycles. The van der Waals surface area contributed by atoms with Gasteiger partial charge in [-0.2, -0.15) is 5.26 Å². The fourth-order valence-corrected chi connectivity index (χ4v) is 2.21. The quantitative estimate of drug-likeness (QED) is 0.803. The summed E-state index contributed by atoms with van der Waals surface area (Å²) in [7, 11) is 1.36. The van der Waals surface area contributed by atoms with Crippen LogP contribution in [0.5, 0.6) is 0 Å². The van der Waals surface area contributed by atoms with Gasteiger partial charge in [0.2, 0.25) is 0 Å². The molecule has 0 spiro atoms. The van der Waals surface area contributed by atoms with Crippen LogP contribution in [0.4, 0.5) is 0 Å². The molecule has 102 valence electrons. The summed E-state index contributed by atoms with van der Waals surface area (Å²) >= 11 is 0. The van der Waals surface area contributed by atoms with Crippen LogP contribution in [0.25, 0.3) is 0 Å². The number of furan rings is 1. The molecule has 2 aromatic rings. The predicted octanol–water partition coefficient (Wildman–Crippen LogP) is 3.15. The second kappa shape index (κ2) is 5.62. The zero-order valence-corrected chi connectivity index (χ0v) is 11.7. The standard InChI is InChI=1S/C16H15NO3/c1-10-14(15(11(2)20-10)16(18)19-3)8-12-4-6-13(9-17)7-5-12/h4-7H,8H2,1-3H3. The van der Waals surface area contributed by atoms with Crippen molar-refractivity contribution in [3.8, 4) is 6.07 Å². The maximum absolute atomic E-state index is 11.8. The first-order valence-corrected chi connectivity index (χ1v) is 6.23. The van der Waals surface area contributed by atoms with Crippen LogP contribution in [0.2, 0.25) is 0 Å². The van der Waals surface area contributed by atoms with Gasteiger partial charge in [0, 0.05) is 12.0 Å². The van der Waals surface area contributed by atoms with Gasteiger partial charge in [0.25, 0.3) is 0 Å². The topological polar surface area (TPSA) is 63.2 Å². The minimum atomic E-state index is -0.386. The fourth-order valence-electron chi connectivity index (χ4n) is 2.21. The van der Waals surface area contributed by atoms with Gasteiger partial charge in [0.1, 0.15) is 17.1 Å². The summed E-state index contributed by atoms with van der Waals surface area (Å²) in [6, 6.07) is 9.35. The number of rotatable bonds is 3. The fraction of sp³-hybridized carbons (Fsp3) is 0.250. The lowest BCUT2D eigenvalue weighted by molar-refractivity contribution is 0.0598. The molecule has 1 heterocycles. The molecule has 0 aliphatic carbocycles. The zero-order valence-electron chi connectivity index (χ0n) is 11.7. The van der Waals surface area contributed by atoms with Gasteiger partial charge in [-0.1, -0.05) is 12.1 Å². The number of nitrogens with zero attached hydrogens (tertiary/aromatic N) is 1. The number of hydrogen-bond donors (Lipinski definition) is 0. The molecule has 4 heteroatoms. The Labute approximate surface area is 117 Å². The van der Waals surface area contributed by atoms with E-state index in [2.05, 4.69) is 6.07 Å². The van der Waals surface area contributed by atoms with Gasteiger partial charge in [-0.3, -0.25) is 0 Å². The maximum atomic E-state index is 11.8. The summed E-state index contributed by atoms with van der Waals surface area (Å²) in [6.45, 7) is 3.58. The van der Waals surface area contributed by atoms with Gasteiger partial charge in [-0.05, 0) is 31.5 Å². The lowest BCUT2D eigenvalue weighted by Crippen LogP contribution is -2.06. The third-order valence-corrected chi connectivity index (χ3v) is 3.24. The Morgan fingerprint density at radius 2 is 1.90 bits per heavy atom. The van der Waals surface area contributed by atoms with E-state index in [0.29, 0.717) is 29.1 Å². The molecule has 1 aromatic carbocycles. The van der Waals surface area contributed by atoms with Gasteiger partial charge in [0.05, 0.1) is 18.7 Å². The Bertz CT molecular complexity index is 675. The van der Waals surface area contributed by atoms with Crippen LogP contribution in [0, 0.1) is 25.2 Å². The molecule has 0 aliphatic heterocycles. The molecule has 0 N–H and O–H groups in total. The van der Waals surface area contributed by atoms with Gasteiger partial charge in [0.15, 0.2) is 0 Å². The molecule has 0 unspecified atom stereocenters. The minimum absolute atomic E-state index is 0.386. The van der Waals surface area contributed by atoms with Gasteiger partial charge in [-0.25, -0.2) is 4.79 Å². The number of aryl methyl sites for hydroxylation is 2. The summed E-state index contributed by atoms with van der Waals surface area (Å²) < 4.78 is 10.3. The first kappa shape index (κ1) is 13.9. The summed E-state index contributed by atoms with van der Waals surface area (Å²) in [5, 5.41) is 8.79. The first-order valence-electron chi connectivity index (χ1n) is 6.23. The molecular weight excluding hydrogens is 254 g/mol. The van der Waals surface area contributed by atoms with Crippen molar-refractivity contribution in [2.45, 2.75) is 20.3 Å². The first-order chi connectivity index (χ1) is 9.56. The Morgan fingerprint density at radius 3 is 2.45 bits per heavy atom. The van der Waals surface area contributed by atoms with Crippen LogP contribution in [-0.2, 0) is 11.2 Å². The Balaban J connectivity index is 2.37. The van der Waals surface area contributed by atoms with Gasteiger partial charge in [-0.15, -0.1) is 0 Å². The van der Waals surface area contributed by atoms with E-state index in [9.17, 15) is 4.79 Å². The van der Waals surface area contributed by atoms with E-state index in [0.717, 1.165) is 11.1 Å².